The van der Waals surface area contributed by atoms with E-state index in [2.05, 4.69) is 25.7 Å². The average Bonchev–Trinajstić information content (AvgIpc) is 2.90. The maximum atomic E-state index is 13.7. The minimum atomic E-state index is -0.617. The summed E-state index contributed by atoms with van der Waals surface area (Å²) >= 11 is 0. The fourth-order valence-electron chi connectivity index (χ4n) is 1.45. The SMILES string of the molecule is CCNc1ncc(F)c(-n2ccc(C(=O)NC)n2)n1. The number of anilines is 1. The summed E-state index contributed by atoms with van der Waals surface area (Å²) in [6, 6.07) is 1.48. The van der Waals surface area contributed by atoms with Crippen LogP contribution in [-0.4, -0.2) is 39.2 Å². The van der Waals surface area contributed by atoms with E-state index in [-0.39, 0.29) is 17.4 Å². The molecule has 0 aliphatic heterocycles. The van der Waals surface area contributed by atoms with E-state index in [9.17, 15) is 9.18 Å². The third-order valence-electron chi connectivity index (χ3n) is 2.33. The Labute approximate surface area is 108 Å². The molecule has 2 aromatic rings. The Kier molecular flexibility index (Phi) is 3.69. The van der Waals surface area contributed by atoms with Gasteiger partial charge in [0, 0.05) is 19.8 Å². The van der Waals surface area contributed by atoms with Gasteiger partial charge in [0.1, 0.15) is 0 Å². The van der Waals surface area contributed by atoms with Crippen molar-refractivity contribution >= 4 is 11.9 Å². The quantitative estimate of drug-likeness (QED) is 0.844. The second kappa shape index (κ2) is 5.42. The summed E-state index contributed by atoms with van der Waals surface area (Å²) < 4.78 is 14.9. The van der Waals surface area contributed by atoms with Gasteiger partial charge in [0.15, 0.2) is 17.3 Å². The van der Waals surface area contributed by atoms with Crippen molar-refractivity contribution in [3.8, 4) is 5.82 Å². The molecule has 1 amide bonds. The van der Waals surface area contributed by atoms with E-state index in [0.717, 1.165) is 6.20 Å². The summed E-state index contributed by atoms with van der Waals surface area (Å²) in [4.78, 5) is 19.2. The van der Waals surface area contributed by atoms with Crippen molar-refractivity contribution in [2.75, 3.05) is 18.9 Å². The zero-order valence-electron chi connectivity index (χ0n) is 10.5. The summed E-state index contributed by atoms with van der Waals surface area (Å²) in [7, 11) is 1.50. The number of amides is 1. The van der Waals surface area contributed by atoms with E-state index in [1.54, 1.807) is 0 Å². The van der Waals surface area contributed by atoms with Crippen LogP contribution in [0, 0.1) is 5.82 Å². The highest BCUT2D eigenvalue weighted by molar-refractivity contribution is 5.91. The number of hydrogen-bond acceptors (Lipinski definition) is 5. The van der Waals surface area contributed by atoms with Gasteiger partial charge in [-0.25, -0.2) is 14.1 Å². The average molecular weight is 264 g/mol. The number of carbonyl (C=O) groups is 1. The van der Waals surface area contributed by atoms with Crippen LogP contribution < -0.4 is 10.6 Å². The monoisotopic (exact) mass is 264 g/mol. The van der Waals surface area contributed by atoms with Crippen LogP contribution in [0.3, 0.4) is 0 Å². The molecule has 0 radical (unpaired) electrons. The Morgan fingerprint density at radius 1 is 1.53 bits per heavy atom. The summed E-state index contributed by atoms with van der Waals surface area (Å²) in [5.74, 6) is -0.676. The van der Waals surface area contributed by atoms with Gasteiger partial charge in [-0.1, -0.05) is 0 Å². The molecule has 0 aliphatic carbocycles. The van der Waals surface area contributed by atoms with Crippen molar-refractivity contribution in [1.29, 1.82) is 0 Å². The van der Waals surface area contributed by atoms with Crippen LogP contribution in [0.1, 0.15) is 17.4 Å². The Morgan fingerprint density at radius 3 is 3.00 bits per heavy atom. The maximum Gasteiger partial charge on any atom is 0.271 e. The standard InChI is InChI=1S/C11H13FN6O/c1-3-14-11-15-6-7(12)9(16-11)18-5-4-8(17-18)10(19)13-2/h4-6H,3H2,1-2H3,(H,13,19)(H,14,15,16). The molecule has 2 rings (SSSR count). The molecule has 0 spiro atoms. The fourth-order valence-corrected chi connectivity index (χ4v) is 1.45. The van der Waals surface area contributed by atoms with Crippen LogP contribution in [0.15, 0.2) is 18.5 Å². The highest BCUT2D eigenvalue weighted by Crippen LogP contribution is 2.11. The molecule has 19 heavy (non-hydrogen) atoms. The van der Waals surface area contributed by atoms with Gasteiger partial charge < -0.3 is 10.6 Å². The number of hydrogen-bond donors (Lipinski definition) is 2. The molecule has 8 heteroatoms. The first-order valence-corrected chi connectivity index (χ1v) is 5.70. The highest BCUT2D eigenvalue weighted by Gasteiger charge is 2.13. The molecule has 7 nitrogen and oxygen atoms in total. The fraction of sp³-hybridized carbons (Fsp3) is 0.273. The lowest BCUT2D eigenvalue weighted by molar-refractivity contribution is 0.0957. The van der Waals surface area contributed by atoms with E-state index in [1.165, 1.54) is 24.0 Å². The van der Waals surface area contributed by atoms with Gasteiger partial charge >= 0.3 is 0 Å². The highest BCUT2D eigenvalue weighted by atomic mass is 19.1. The molecule has 2 N–H and O–H groups in total. The number of aromatic nitrogens is 4. The molecule has 0 atom stereocenters. The molecule has 100 valence electrons. The van der Waals surface area contributed by atoms with Gasteiger partial charge in [-0.2, -0.15) is 10.1 Å². The molecule has 2 heterocycles. The largest absolute Gasteiger partial charge is 0.354 e. The van der Waals surface area contributed by atoms with Gasteiger partial charge in [-0.05, 0) is 13.0 Å². The predicted molar refractivity (Wildman–Crippen MR) is 66.7 cm³/mol. The zero-order valence-corrected chi connectivity index (χ0v) is 10.5. The van der Waals surface area contributed by atoms with E-state index in [4.69, 9.17) is 0 Å². The van der Waals surface area contributed by atoms with Crippen LogP contribution in [0.4, 0.5) is 10.3 Å². The third kappa shape index (κ3) is 2.67. The van der Waals surface area contributed by atoms with Crippen LogP contribution in [0.25, 0.3) is 5.82 Å². The molecule has 0 aliphatic rings. The molecule has 0 saturated heterocycles. The van der Waals surface area contributed by atoms with Gasteiger partial charge in [-0.15, -0.1) is 0 Å². The molecule has 0 unspecified atom stereocenters. The van der Waals surface area contributed by atoms with Crippen molar-refractivity contribution in [3.63, 3.8) is 0 Å². The second-order valence-electron chi connectivity index (χ2n) is 3.62. The number of nitrogens with zero attached hydrogens (tertiary/aromatic N) is 4. The predicted octanol–water partition coefficient (Wildman–Crippen LogP) is 0.593. The Hall–Kier alpha value is -2.51. The normalized spacial score (nSPS) is 10.3. The maximum absolute atomic E-state index is 13.7. The minimum absolute atomic E-state index is 0.0129. The van der Waals surface area contributed by atoms with Gasteiger partial charge in [0.2, 0.25) is 5.95 Å². The molecule has 0 fully saturated rings. The second-order valence-corrected chi connectivity index (χ2v) is 3.62. The molecule has 0 saturated carbocycles. The minimum Gasteiger partial charge on any atom is -0.354 e. The number of halogens is 1. The van der Waals surface area contributed by atoms with Crippen molar-refractivity contribution in [2.24, 2.45) is 0 Å². The molecule has 2 aromatic heterocycles. The van der Waals surface area contributed by atoms with Crippen molar-refractivity contribution in [2.45, 2.75) is 6.92 Å². The van der Waals surface area contributed by atoms with Gasteiger partial charge in [0.05, 0.1) is 6.20 Å². The topological polar surface area (TPSA) is 84.7 Å². The molecule has 0 bridgehead atoms. The third-order valence-corrected chi connectivity index (χ3v) is 2.33. The van der Waals surface area contributed by atoms with Crippen LogP contribution in [0.5, 0.6) is 0 Å². The molecular weight excluding hydrogens is 251 g/mol. The van der Waals surface area contributed by atoms with Crippen LogP contribution in [0.2, 0.25) is 0 Å². The smallest absolute Gasteiger partial charge is 0.271 e. The lowest BCUT2D eigenvalue weighted by atomic mass is 10.4. The van der Waals surface area contributed by atoms with Crippen LogP contribution >= 0.6 is 0 Å². The zero-order chi connectivity index (χ0) is 13.8. The Bertz CT molecular complexity index is 597. The Balaban J connectivity index is 2.37. The van der Waals surface area contributed by atoms with E-state index >= 15 is 0 Å². The number of rotatable bonds is 4. The van der Waals surface area contributed by atoms with Crippen LogP contribution in [-0.2, 0) is 0 Å². The van der Waals surface area contributed by atoms with E-state index < -0.39 is 5.82 Å². The Morgan fingerprint density at radius 2 is 2.32 bits per heavy atom. The molecule has 0 aromatic carbocycles. The first kappa shape index (κ1) is 12.9. The van der Waals surface area contributed by atoms with Crippen molar-refractivity contribution in [3.05, 3.63) is 30.0 Å². The lowest BCUT2D eigenvalue weighted by Crippen LogP contribution is -2.18. The van der Waals surface area contributed by atoms with Gasteiger partial charge in [-0.3, -0.25) is 4.79 Å². The summed E-state index contributed by atoms with van der Waals surface area (Å²) in [5, 5.41) is 9.27. The molecular formula is C11H13FN6O. The van der Waals surface area contributed by atoms with E-state index in [0.29, 0.717) is 12.5 Å². The van der Waals surface area contributed by atoms with Crippen molar-refractivity contribution < 1.29 is 9.18 Å². The summed E-state index contributed by atoms with van der Waals surface area (Å²) in [6.07, 6.45) is 2.52. The van der Waals surface area contributed by atoms with Crippen molar-refractivity contribution in [1.82, 2.24) is 25.1 Å². The number of nitrogens with one attached hydrogen (secondary N) is 2. The summed E-state index contributed by atoms with van der Waals surface area (Å²) in [6.45, 7) is 2.50. The first-order valence-electron chi connectivity index (χ1n) is 5.70. The number of carbonyl (C=O) groups excluding carboxylic acids is 1. The van der Waals surface area contributed by atoms with E-state index in [1.807, 2.05) is 6.92 Å². The summed E-state index contributed by atoms with van der Waals surface area (Å²) in [5.41, 5.74) is 0.186. The first-order chi connectivity index (χ1) is 9.15. The lowest BCUT2D eigenvalue weighted by Gasteiger charge is -2.05. The van der Waals surface area contributed by atoms with Gasteiger partial charge in [0.25, 0.3) is 5.91 Å².